The summed E-state index contributed by atoms with van der Waals surface area (Å²) in [4.78, 5) is 14.1. The van der Waals surface area contributed by atoms with Gasteiger partial charge in [0.15, 0.2) is 0 Å². The van der Waals surface area contributed by atoms with E-state index in [-0.39, 0.29) is 12.0 Å². The van der Waals surface area contributed by atoms with Gasteiger partial charge in [0.1, 0.15) is 0 Å². The molecule has 4 heteroatoms. The molecule has 0 aliphatic carbocycles. The molecule has 0 saturated heterocycles. The van der Waals surface area contributed by atoms with Crippen molar-refractivity contribution in [2.75, 3.05) is 7.11 Å². The highest BCUT2D eigenvalue weighted by Crippen LogP contribution is 2.22. The van der Waals surface area contributed by atoms with Crippen LogP contribution in [0.4, 0.5) is 0 Å². The maximum atomic E-state index is 11.3. The van der Waals surface area contributed by atoms with Gasteiger partial charge in [0, 0.05) is 6.04 Å². The zero-order chi connectivity index (χ0) is 13.5. The Bertz CT molecular complexity index is 376. The van der Waals surface area contributed by atoms with Gasteiger partial charge in [0.05, 0.1) is 12.7 Å². The molecule has 18 heavy (non-hydrogen) atoms. The monoisotopic (exact) mass is 269 g/mol. The molecule has 1 N–H and O–H groups in total. The number of carbonyl (C=O) groups excluding carboxylic acids is 1. The maximum absolute atomic E-state index is 11.3. The molecular weight excluding hydrogens is 250 g/mol. The second kappa shape index (κ2) is 7.39. The Morgan fingerprint density at radius 1 is 1.28 bits per heavy atom. The maximum Gasteiger partial charge on any atom is 0.337 e. The molecule has 100 valence electrons. The van der Waals surface area contributed by atoms with Crippen LogP contribution in [0.1, 0.15) is 48.7 Å². The molecule has 0 aromatic heterocycles. The number of carbonyl (C=O) groups is 1. The summed E-state index contributed by atoms with van der Waals surface area (Å²) in [7, 11) is 1.38. The molecule has 0 aliphatic rings. The van der Waals surface area contributed by atoms with Crippen molar-refractivity contribution in [2.24, 2.45) is 5.92 Å². The molecule has 1 aromatic rings. The molecule has 0 spiro atoms. The molecule has 0 amide bonds. The Morgan fingerprint density at radius 2 is 1.89 bits per heavy atom. The third-order valence-electron chi connectivity index (χ3n) is 2.90. The molecule has 0 bridgehead atoms. The molecule has 1 rings (SSSR count). The van der Waals surface area contributed by atoms with E-state index in [1.807, 2.05) is 12.1 Å². The van der Waals surface area contributed by atoms with Crippen molar-refractivity contribution in [2.45, 2.75) is 32.7 Å². The summed E-state index contributed by atoms with van der Waals surface area (Å²) in [6, 6.07) is 7.45. The summed E-state index contributed by atoms with van der Waals surface area (Å²) in [5, 5.41) is 0. The van der Waals surface area contributed by atoms with Crippen LogP contribution in [0, 0.1) is 5.92 Å². The smallest absolute Gasteiger partial charge is 0.337 e. The van der Waals surface area contributed by atoms with Crippen molar-refractivity contribution >= 4 is 17.7 Å². The molecule has 0 saturated carbocycles. The van der Waals surface area contributed by atoms with Gasteiger partial charge in [-0.2, -0.15) is 0 Å². The summed E-state index contributed by atoms with van der Waals surface area (Å²) < 4.78 is 4.66. The fourth-order valence-electron chi connectivity index (χ4n) is 1.75. The Morgan fingerprint density at radius 3 is 2.33 bits per heavy atom. The van der Waals surface area contributed by atoms with Gasteiger partial charge in [0.25, 0.3) is 0 Å². The highest BCUT2D eigenvalue weighted by Gasteiger charge is 2.12. The van der Waals surface area contributed by atoms with E-state index < -0.39 is 0 Å². The summed E-state index contributed by atoms with van der Waals surface area (Å²) >= 11 is 5.77. The number of ether oxygens (including phenoxy) is 1. The number of halogens is 1. The zero-order valence-electron chi connectivity index (χ0n) is 11.1. The van der Waals surface area contributed by atoms with Crippen LogP contribution in [0.25, 0.3) is 0 Å². The fourth-order valence-corrected chi connectivity index (χ4v) is 1.99. The topological polar surface area (TPSA) is 38.3 Å². The van der Waals surface area contributed by atoms with Gasteiger partial charge in [-0.05, 0) is 48.2 Å². The standard InChI is InChI=1S/C14H20ClNO2/c1-10(2)4-9-13(16-15)11-5-7-12(8-6-11)14(17)18-3/h5-8,10,13,16H,4,9H2,1-3H3/t13-/m1/s1. The van der Waals surface area contributed by atoms with E-state index in [2.05, 4.69) is 23.4 Å². The van der Waals surface area contributed by atoms with Gasteiger partial charge in [0.2, 0.25) is 0 Å². The van der Waals surface area contributed by atoms with Gasteiger partial charge in [-0.15, -0.1) is 0 Å². The Kier molecular flexibility index (Phi) is 6.16. The molecule has 0 fully saturated rings. The number of methoxy groups -OCH3 is 1. The minimum absolute atomic E-state index is 0.112. The summed E-state index contributed by atoms with van der Waals surface area (Å²) in [6.07, 6.45) is 2.07. The van der Waals surface area contributed by atoms with Gasteiger partial charge in [-0.25, -0.2) is 9.63 Å². The highest BCUT2D eigenvalue weighted by atomic mass is 35.5. The van der Waals surface area contributed by atoms with Gasteiger partial charge < -0.3 is 4.74 Å². The number of hydrogen-bond donors (Lipinski definition) is 1. The minimum atomic E-state index is -0.320. The van der Waals surface area contributed by atoms with E-state index in [0.29, 0.717) is 11.5 Å². The first-order chi connectivity index (χ1) is 8.58. The fraction of sp³-hybridized carbons (Fsp3) is 0.500. The molecular formula is C14H20ClNO2. The van der Waals surface area contributed by atoms with E-state index >= 15 is 0 Å². The lowest BCUT2D eigenvalue weighted by atomic mass is 9.97. The van der Waals surface area contributed by atoms with Crippen molar-refractivity contribution in [1.29, 1.82) is 0 Å². The number of benzene rings is 1. The van der Waals surface area contributed by atoms with Crippen LogP contribution in [-0.4, -0.2) is 13.1 Å². The molecule has 0 aliphatic heterocycles. The lowest BCUT2D eigenvalue weighted by Crippen LogP contribution is -2.12. The first-order valence-corrected chi connectivity index (χ1v) is 6.50. The van der Waals surface area contributed by atoms with Crippen LogP contribution in [0.3, 0.4) is 0 Å². The predicted octanol–water partition coefficient (Wildman–Crippen LogP) is 3.69. The normalized spacial score (nSPS) is 12.5. The largest absolute Gasteiger partial charge is 0.465 e. The second-order valence-corrected chi connectivity index (χ2v) is 4.96. The van der Waals surface area contributed by atoms with E-state index in [0.717, 1.165) is 18.4 Å². The number of hydrogen-bond acceptors (Lipinski definition) is 3. The van der Waals surface area contributed by atoms with Gasteiger partial charge >= 0.3 is 5.97 Å². The number of rotatable bonds is 6. The van der Waals surface area contributed by atoms with Crippen LogP contribution in [0.15, 0.2) is 24.3 Å². The third kappa shape index (κ3) is 4.31. The molecule has 1 atom stereocenters. The Labute approximate surface area is 114 Å². The van der Waals surface area contributed by atoms with Crippen molar-refractivity contribution < 1.29 is 9.53 Å². The zero-order valence-corrected chi connectivity index (χ0v) is 11.8. The minimum Gasteiger partial charge on any atom is -0.465 e. The average molecular weight is 270 g/mol. The molecule has 0 unspecified atom stereocenters. The lowest BCUT2D eigenvalue weighted by molar-refractivity contribution is 0.0600. The second-order valence-electron chi connectivity index (χ2n) is 4.75. The molecule has 0 heterocycles. The van der Waals surface area contributed by atoms with Crippen LogP contribution < -0.4 is 4.84 Å². The summed E-state index contributed by atoms with van der Waals surface area (Å²) in [5.74, 6) is 0.325. The van der Waals surface area contributed by atoms with E-state index in [9.17, 15) is 4.79 Å². The quantitative estimate of drug-likeness (QED) is 0.632. The van der Waals surface area contributed by atoms with Crippen molar-refractivity contribution in [3.63, 3.8) is 0 Å². The third-order valence-corrected chi connectivity index (χ3v) is 3.16. The van der Waals surface area contributed by atoms with Gasteiger partial charge in [-0.3, -0.25) is 0 Å². The molecule has 0 radical (unpaired) electrons. The van der Waals surface area contributed by atoms with Crippen molar-refractivity contribution in [3.8, 4) is 0 Å². The molecule has 1 aromatic carbocycles. The summed E-state index contributed by atoms with van der Waals surface area (Å²) in [6.45, 7) is 4.37. The van der Waals surface area contributed by atoms with Crippen LogP contribution in [0.2, 0.25) is 0 Å². The Balaban J connectivity index is 2.72. The average Bonchev–Trinajstić information content (AvgIpc) is 2.39. The van der Waals surface area contributed by atoms with Crippen molar-refractivity contribution in [1.82, 2.24) is 4.84 Å². The van der Waals surface area contributed by atoms with E-state index in [1.54, 1.807) is 12.1 Å². The lowest BCUT2D eigenvalue weighted by Gasteiger charge is -2.16. The first-order valence-electron chi connectivity index (χ1n) is 6.13. The van der Waals surface area contributed by atoms with E-state index in [4.69, 9.17) is 11.8 Å². The predicted molar refractivity (Wildman–Crippen MR) is 73.6 cm³/mol. The van der Waals surface area contributed by atoms with Crippen LogP contribution in [0.5, 0.6) is 0 Å². The number of esters is 1. The van der Waals surface area contributed by atoms with Gasteiger partial charge in [-0.1, -0.05) is 26.0 Å². The number of nitrogens with one attached hydrogen (secondary N) is 1. The molecule has 3 nitrogen and oxygen atoms in total. The SMILES string of the molecule is COC(=O)c1ccc([C@@H](CCC(C)C)NCl)cc1. The Hall–Kier alpha value is -1.06. The van der Waals surface area contributed by atoms with E-state index in [1.165, 1.54) is 7.11 Å². The first kappa shape index (κ1) is 15.0. The van der Waals surface area contributed by atoms with Crippen molar-refractivity contribution in [3.05, 3.63) is 35.4 Å². The van der Waals surface area contributed by atoms with Crippen LogP contribution in [-0.2, 0) is 4.74 Å². The van der Waals surface area contributed by atoms with Crippen LogP contribution >= 0.6 is 11.8 Å². The summed E-state index contributed by atoms with van der Waals surface area (Å²) in [5.41, 5.74) is 1.64. The highest BCUT2D eigenvalue weighted by molar-refractivity contribution is 6.13.